The van der Waals surface area contributed by atoms with Crippen LogP contribution in [0.4, 0.5) is 4.39 Å². The van der Waals surface area contributed by atoms with Crippen molar-refractivity contribution in [1.29, 1.82) is 0 Å². The monoisotopic (exact) mass is 301 g/mol. The highest BCUT2D eigenvalue weighted by atomic mass is 19.1. The molecule has 0 aliphatic rings. The van der Waals surface area contributed by atoms with Gasteiger partial charge < -0.3 is 9.84 Å². The molecule has 7 nitrogen and oxygen atoms in total. The Balaban J connectivity index is 1.60. The summed E-state index contributed by atoms with van der Waals surface area (Å²) < 4.78 is 19.6. The molecule has 0 bridgehead atoms. The van der Waals surface area contributed by atoms with Crippen LogP contribution < -0.4 is 5.32 Å². The van der Waals surface area contributed by atoms with Gasteiger partial charge in [-0.15, -0.1) is 0 Å². The first-order chi connectivity index (χ1) is 10.7. The zero-order valence-electron chi connectivity index (χ0n) is 11.4. The molecule has 0 saturated heterocycles. The smallest absolute Gasteiger partial charge is 0.273 e. The first kappa shape index (κ1) is 13.9. The summed E-state index contributed by atoms with van der Waals surface area (Å²) in [4.78, 5) is 15.7. The minimum absolute atomic E-state index is 0.165. The van der Waals surface area contributed by atoms with E-state index in [1.807, 2.05) is 0 Å². The molecule has 1 N–H and O–H groups in total. The number of rotatable bonds is 5. The van der Waals surface area contributed by atoms with Gasteiger partial charge in [-0.2, -0.15) is 5.10 Å². The van der Waals surface area contributed by atoms with Gasteiger partial charge in [0.25, 0.3) is 5.91 Å². The fourth-order valence-corrected chi connectivity index (χ4v) is 1.86. The van der Waals surface area contributed by atoms with Gasteiger partial charge in [-0.1, -0.05) is 5.16 Å². The standard InChI is InChI=1S/C14H12FN5O2/c15-11-3-1-10(2-4-11)13-7-12(19-22-13)14(21)17-5-6-20-9-16-8-18-20/h1-4,7-9H,5-6H2,(H,17,21). The summed E-state index contributed by atoms with van der Waals surface area (Å²) in [5.41, 5.74) is 0.813. The van der Waals surface area contributed by atoms with Crippen LogP contribution in [-0.2, 0) is 6.54 Å². The predicted molar refractivity (Wildman–Crippen MR) is 74.3 cm³/mol. The van der Waals surface area contributed by atoms with Crippen LogP contribution in [0.25, 0.3) is 11.3 Å². The predicted octanol–water partition coefficient (Wildman–Crippen LogP) is 1.50. The molecular formula is C14H12FN5O2. The van der Waals surface area contributed by atoms with Crippen LogP contribution in [0.2, 0.25) is 0 Å². The van der Waals surface area contributed by atoms with Crippen LogP contribution in [-0.4, -0.2) is 32.4 Å². The quantitative estimate of drug-likeness (QED) is 0.772. The maximum atomic E-state index is 12.9. The molecule has 0 radical (unpaired) electrons. The lowest BCUT2D eigenvalue weighted by molar-refractivity contribution is 0.0943. The molecule has 0 atom stereocenters. The van der Waals surface area contributed by atoms with Crippen LogP contribution in [0.3, 0.4) is 0 Å². The molecule has 0 aliphatic heterocycles. The molecule has 8 heteroatoms. The molecule has 1 amide bonds. The molecule has 0 unspecified atom stereocenters. The second kappa shape index (κ2) is 6.17. The Morgan fingerprint density at radius 2 is 2.14 bits per heavy atom. The molecule has 0 fully saturated rings. The van der Waals surface area contributed by atoms with E-state index in [-0.39, 0.29) is 17.4 Å². The van der Waals surface area contributed by atoms with Crippen molar-refractivity contribution in [1.82, 2.24) is 25.2 Å². The van der Waals surface area contributed by atoms with Crippen molar-refractivity contribution in [2.75, 3.05) is 6.54 Å². The normalized spacial score (nSPS) is 10.6. The molecule has 2 heterocycles. The first-order valence-corrected chi connectivity index (χ1v) is 6.55. The molecule has 3 aromatic rings. The molecule has 2 aromatic heterocycles. The Hall–Kier alpha value is -3.03. The highest BCUT2D eigenvalue weighted by Crippen LogP contribution is 2.20. The Bertz CT molecular complexity index is 752. The fraction of sp³-hybridized carbons (Fsp3) is 0.143. The van der Waals surface area contributed by atoms with Crippen LogP contribution in [0, 0.1) is 5.82 Å². The van der Waals surface area contributed by atoms with Gasteiger partial charge in [0, 0.05) is 18.2 Å². The summed E-state index contributed by atoms with van der Waals surface area (Å²) in [6.45, 7) is 0.898. The zero-order chi connectivity index (χ0) is 15.4. The van der Waals surface area contributed by atoms with E-state index in [9.17, 15) is 9.18 Å². The van der Waals surface area contributed by atoms with Gasteiger partial charge in [-0.3, -0.25) is 9.48 Å². The Morgan fingerprint density at radius 3 is 2.86 bits per heavy atom. The van der Waals surface area contributed by atoms with Crippen molar-refractivity contribution >= 4 is 5.91 Å². The van der Waals surface area contributed by atoms with E-state index >= 15 is 0 Å². The van der Waals surface area contributed by atoms with Crippen molar-refractivity contribution in [2.24, 2.45) is 0 Å². The van der Waals surface area contributed by atoms with Crippen molar-refractivity contribution in [3.63, 3.8) is 0 Å². The van der Waals surface area contributed by atoms with Crippen molar-refractivity contribution in [3.05, 3.63) is 54.5 Å². The number of nitrogens with one attached hydrogen (secondary N) is 1. The van der Waals surface area contributed by atoms with Gasteiger partial charge in [0.15, 0.2) is 11.5 Å². The lowest BCUT2D eigenvalue weighted by Crippen LogP contribution is -2.27. The van der Waals surface area contributed by atoms with E-state index in [4.69, 9.17) is 4.52 Å². The van der Waals surface area contributed by atoms with E-state index in [0.717, 1.165) is 0 Å². The van der Waals surface area contributed by atoms with Gasteiger partial charge in [-0.05, 0) is 24.3 Å². The topological polar surface area (TPSA) is 85.8 Å². The van der Waals surface area contributed by atoms with E-state index in [1.165, 1.54) is 24.5 Å². The largest absolute Gasteiger partial charge is 0.355 e. The third-order valence-electron chi connectivity index (χ3n) is 2.96. The van der Waals surface area contributed by atoms with E-state index in [2.05, 4.69) is 20.6 Å². The molecule has 3 rings (SSSR count). The fourth-order valence-electron chi connectivity index (χ4n) is 1.86. The van der Waals surface area contributed by atoms with Crippen LogP contribution in [0.15, 0.2) is 47.5 Å². The molecule has 0 aliphatic carbocycles. The average molecular weight is 301 g/mol. The van der Waals surface area contributed by atoms with Crippen molar-refractivity contribution in [2.45, 2.75) is 6.54 Å². The molecule has 0 saturated carbocycles. The lowest BCUT2D eigenvalue weighted by Gasteiger charge is -2.01. The Kier molecular flexibility index (Phi) is 3.90. The van der Waals surface area contributed by atoms with Crippen molar-refractivity contribution < 1.29 is 13.7 Å². The molecule has 22 heavy (non-hydrogen) atoms. The number of carbonyl (C=O) groups excluding carboxylic acids is 1. The summed E-state index contributed by atoms with van der Waals surface area (Å²) in [6.07, 6.45) is 2.99. The van der Waals surface area contributed by atoms with E-state index < -0.39 is 0 Å². The minimum Gasteiger partial charge on any atom is -0.355 e. The van der Waals surface area contributed by atoms with Gasteiger partial charge in [-0.25, -0.2) is 9.37 Å². The summed E-state index contributed by atoms with van der Waals surface area (Å²) in [6, 6.07) is 7.26. The lowest BCUT2D eigenvalue weighted by atomic mass is 10.1. The number of aromatic nitrogens is 4. The van der Waals surface area contributed by atoms with Crippen LogP contribution >= 0.6 is 0 Å². The number of hydrogen-bond donors (Lipinski definition) is 1. The number of carbonyl (C=O) groups is 1. The van der Waals surface area contributed by atoms with Gasteiger partial charge in [0.2, 0.25) is 0 Å². The third kappa shape index (κ3) is 3.17. The third-order valence-corrected chi connectivity index (χ3v) is 2.96. The molecule has 112 valence electrons. The first-order valence-electron chi connectivity index (χ1n) is 6.55. The summed E-state index contributed by atoms with van der Waals surface area (Å²) in [7, 11) is 0. The Labute approximate surface area is 124 Å². The summed E-state index contributed by atoms with van der Waals surface area (Å²) in [5, 5.41) is 10.3. The van der Waals surface area contributed by atoms with Crippen molar-refractivity contribution in [3.8, 4) is 11.3 Å². The number of hydrogen-bond acceptors (Lipinski definition) is 5. The molecule has 0 spiro atoms. The maximum absolute atomic E-state index is 12.9. The summed E-state index contributed by atoms with van der Waals surface area (Å²) in [5.74, 6) is -0.284. The van der Waals surface area contributed by atoms with Crippen LogP contribution in [0.5, 0.6) is 0 Å². The highest BCUT2D eigenvalue weighted by molar-refractivity contribution is 5.93. The van der Waals surface area contributed by atoms with Crippen LogP contribution in [0.1, 0.15) is 10.5 Å². The van der Waals surface area contributed by atoms with E-state index in [1.54, 1.807) is 23.1 Å². The molecule has 1 aromatic carbocycles. The second-order valence-corrected chi connectivity index (χ2v) is 4.50. The zero-order valence-corrected chi connectivity index (χ0v) is 11.4. The average Bonchev–Trinajstić information content (AvgIpc) is 3.19. The molecular weight excluding hydrogens is 289 g/mol. The SMILES string of the molecule is O=C(NCCn1cncn1)c1cc(-c2ccc(F)cc2)on1. The number of benzene rings is 1. The second-order valence-electron chi connectivity index (χ2n) is 4.50. The number of nitrogens with zero attached hydrogens (tertiary/aromatic N) is 4. The highest BCUT2D eigenvalue weighted by Gasteiger charge is 2.13. The number of amides is 1. The number of halogens is 1. The minimum atomic E-state index is -0.350. The maximum Gasteiger partial charge on any atom is 0.273 e. The summed E-state index contributed by atoms with van der Waals surface area (Å²) >= 11 is 0. The van der Waals surface area contributed by atoms with E-state index in [0.29, 0.717) is 24.4 Å². The van der Waals surface area contributed by atoms with Gasteiger partial charge in [0.1, 0.15) is 18.5 Å². The van der Waals surface area contributed by atoms with Gasteiger partial charge >= 0.3 is 0 Å². The Morgan fingerprint density at radius 1 is 1.32 bits per heavy atom. The van der Waals surface area contributed by atoms with Gasteiger partial charge in [0.05, 0.1) is 6.54 Å².